The average Bonchev–Trinajstić information content (AvgIpc) is 2.92. The Hall–Kier alpha value is -2.28. The third kappa shape index (κ3) is 1.56. The van der Waals surface area contributed by atoms with E-state index in [0.717, 1.165) is 15.8 Å². The maximum atomic E-state index is 12.3. The van der Waals surface area contributed by atoms with Crippen molar-refractivity contribution in [3.8, 4) is 0 Å². The van der Waals surface area contributed by atoms with Gasteiger partial charge in [0.1, 0.15) is 12.7 Å². The van der Waals surface area contributed by atoms with Gasteiger partial charge >= 0.3 is 0 Å². The maximum Gasteiger partial charge on any atom is 0.285 e. The fourth-order valence-corrected chi connectivity index (χ4v) is 3.00. The normalized spacial score (nSPS) is 11.8. The van der Waals surface area contributed by atoms with Crippen LogP contribution >= 0.6 is 0 Å². The van der Waals surface area contributed by atoms with Crippen molar-refractivity contribution in [1.29, 1.82) is 0 Å². The van der Waals surface area contributed by atoms with E-state index in [2.05, 4.69) is 15.1 Å². The Labute approximate surface area is 103 Å². The van der Waals surface area contributed by atoms with Crippen LogP contribution in [0.15, 0.2) is 54.2 Å². The quantitative estimate of drug-likeness (QED) is 0.688. The lowest BCUT2D eigenvalue weighted by atomic mass is 10.2. The molecule has 6 nitrogen and oxygen atoms in total. The molecule has 0 atom stereocenters. The molecule has 0 saturated heterocycles. The van der Waals surface area contributed by atoms with Crippen LogP contribution in [0.4, 0.5) is 0 Å². The Balaban J connectivity index is 2.34. The first-order valence-corrected chi connectivity index (χ1v) is 6.56. The van der Waals surface area contributed by atoms with E-state index < -0.39 is 10.0 Å². The Bertz CT molecular complexity index is 792. The maximum absolute atomic E-state index is 12.3. The molecular weight excluding hydrogens is 252 g/mol. The van der Waals surface area contributed by atoms with E-state index in [1.165, 1.54) is 6.33 Å². The summed E-state index contributed by atoms with van der Waals surface area (Å²) in [4.78, 5) is 7.81. The molecule has 0 fully saturated rings. The van der Waals surface area contributed by atoms with Crippen LogP contribution in [0.2, 0.25) is 0 Å². The largest absolute Gasteiger partial charge is 0.285 e. The molecule has 0 spiro atoms. The molecule has 3 rings (SSSR count). The number of fused-ring (bicyclic) bond motifs is 1. The zero-order chi connectivity index (χ0) is 12.6. The summed E-state index contributed by atoms with van der Waals surface area (Å²) in [6.07, 6.45) is 5.53. The Morgan fingerprint density at radius 2 is 2.00 bits per heavy atom. The summed E-state index contributed by atoms with van der Waals surface area (Å²) >= 11 is 0. The number of nitrogens with zero attached hydrogens (tertiary/aromatic N) is 4. The SMILES string of the molecule is O=S(=O)(c1cccc2cnccc12)n1cncn1. The van der Waals surface area contributed by atoms with Crippen LogP contribution in [0.3, 0.4) is 0 Å². The minimum absolute atomic E-state index is 0.188. The van der Waals surface area contributed by atoms with Crippen molar-refractivity contribution in [3.63, 3.8) is 0 Å². The molecule has 2 heterocycles. The number of aromatic nitrogens is 4. The molecule has 2 aromatic heterocycles. The monoisotopic (exact) mass is 260 g/mol. The van der Waals surface area contributed by atoms with Gasteiger partial charge in [0, 0.05) is 23.2 Å². The summed E-state index contributed by atoms with van der Waals surface area (Å²) in [5.74, 6) is 0. The number of benzene rings is 1. The Kier molecular flexibility index (Phi) is 2.34. The van der Waals surface area contributed by atoms with Crippen molar-refractivity contribution >= 4 is 20.8 Å². The molecule has 0 N–H and O–H groups in total. The molecule has 0 bridgehead atoms. The summed E-state index contributed by atoms with van der Waals surface area (Å²) in [7, 11) is -3.71. The number of hydrogen-bond donors (Lipinski definition) is 0. The highest BCUT2D eigenvalue weighted by Crippen LogP contribution is 2.23. The van der Waals surface area contributed by atoms with Crippen LogP contribution in [0.25, 0.3) is 10.8 Å². The van der Waals surface area contributed by atoms with E-state index in [0.29, 0.717) is 5.39 Å². The highest BCUT2D eigenvalue weighted by Gasteiger charge is 2.19. The van der Waals surface area contributed by atoms with E-state index in [9.17, 15) is 8.42 Å². The predicted octanol–water partition coefficient (Wildman–Crippen LogP) is 1.06. The summed E-state index contributed by atoms with van der Waals surface area (Å²) in [6.45, 7) is 0. The fourth-order valence-electron chi connectivity index (χ4n) is 1.74. The molecule has 18 heavy (non-hydrogen) atoms. The van der Waals surface area contributed by atoms with Gasteiger partial charge in [-0.05, 0) is 12.1 Å². The molecule has 0 aliphatic rings. The van der Waals surface area contributed by atoms with Crippen molar-refractivity contribution < 1.29 is 8.42 Å². The highest BCUT2D eigenvalue weighted by molar-refractivity contribution is 7.90. The topological polar surface area (TPSA) is 77.7 Å². The molecule has 0 amide bonds. The zero-order valence-electron chi connectivity index (χ0n) is 9.13. The number of hydrogen-bond acceptors (Lipinski definition) is 5. The lowest BCUT2D eigenvalue weighted by molar-refractivity contribution is 0.581. The van der Waals surface area contributed by atoms with Gasteiger partial charge in [-0.2, -0.15) is 8.42 Å². The van der Waals surface area contributed by atoms with Crippen LogP contribution in [0.5, 0.6) is 0 Å². The molecule has 90 valence electrons. The van der Waals surface area contributed by atoms with E-state index in [-0.39, 0.29) is 4.90 Å². The Morgan fingerprint density at radius 3 is 2.78 bits per heavy atom. The molecular formula is C11H8N4O2S. The van der Waals surface area contributed by atoms with Crippen LogP contribution in [0.1, 0.15) is 0 Å². The third-order valence-electron chi connectivity index (χ3n) is 2.56. The van der Waals surface area contributed by atoms with Gasteiger partial charge < -0.3 is 0 Å². The predicted molar refractivity (Wildman–Crippen MR) is 64.3 cm³/mol. The second-order valence-corrected chi connectivity index (χ2v) is 5.39. The molecule has 0 aliphatic heterocycles. The zero-order valence-corrected chi connectivity index (χ0v) is 9.95. The van der Waals surface area contributed by atoms with E-state index >= 15 is 0 Å². The Morgan fingerprint density at radius 1 is 1.11 bits per heavy atom. The molecule has 0 aliphatic carbocycles. The van der Waals surface area contributed by atoms with Gasteiger partial charge in [0.2, 0.25) is 0 Å². The summed E-state index contributed by atoms with van der Waals surface area (Å²) in [5, 5.41) is 5.05. The van der Waals surface area contributed by atoms with Gasteiger partial charge in [-0.25, -0.2) is 4.98 Å². The van der Waals surface area contributed by atoms with Gasteiger partial charge in [-0.15, -0.1) is 9.19 Å². The molecule has 7 heteroatoms. The first-order valence-electron chi connectivity index (χ1n) is 5.12. The van der Waals surface area contributed by atoms with Crippen molar-refractivity contribution in [2.45, 2.75) is 4.90 Å². The second-order valence-electron chi connectivity index (χ2n) is 3.63. The number of pyridine rings is 1. The molecule has 0 unspecified atom stereocenters. The lowest BCUT2D eigenvalue weighted by Gasteiger charge is -2.06. The minimum atomic E-state index is -3.71. The molecule has 1 aromatic carbocycles. The molecule has 0 radical (unpaired) electrons. The van der Waals surface area contributed by atoms with Crippen molar-refractivity contribution in [2.75, 3.05) is 0 Å². The van der Waals surface area contributed by atoms with E-state index in [4.69, 9.17) is 0 Å². The number of rotatable bonds is 2. The van der Waals surface area contributed by atoms with Crippen molar-refractivity contribution in [2.24, 2.45) is 0 Å². The molecule has 3 aromatic rings. The van der Waals surface area contributed by atoms with Gasteiger partial charge in [0.15, 0.2) is 0 Å². The lowest BCUT2D eigenvalue weighted by Crippen LogP contribution is -2.13. The standard InChI is InChI=1S/C11H8N4O2S/c16-18(17,15-8-13-7-14-15)11-3-1-2-9-6-12-5-4-10(9)11/h1-8H. The fraction of sp³-hybridized carbons (Fsp3) is 0. The van der Waals surface area contributed by atoms with Crippen LogP contribution in [0, 0.1) is 0 Å². The van der Waals surface area contributed by atoms with Gasteiger partial charge in [0.25, 0.3) is 10.0 Å². The smallest absolute Gasteiger partial charge is 0.264 e. The second kappa shape index (κ2) is 3.88. The summed E-state index contributed by atoms with van der Waals surface area (Å²) in [5.41, 5.74) is 0. The van der Waals surface area contributed by atoms with E-state index in [1.54, 1.807) is 30.6 Å². The minimum Gasteiger partial charge on any atom is -0.264 e. The van der Waals surface area contributed by atoms with Gasteiger partial charge in [0.05, 0.1) is 4.90 Å². The highest BCUT2D eigenvalue weighted by atomic mass is 32.2. The first kappa shape index (κ1) is 10.8. The van der Waals surface area contributed by atoms with Crippen LogP contribution < -0.4 is 0 Å². The average molecular weight is 260 g/mol. The van der Waals surface area contributed by atoms with Gasteiger partial charge in [-0.1, -0.05) is 12.1 Å². The summed E-state index contributed by atoms with van der Waals surface area (Å²) in [6, 6.07) is 6.69. The van der Waals surface area contributed by atoms with Crippen molar-refractivity contribution in [3.05, 3.63) is 49.3 Å². The van der Waals surface area contributed by atoms with Crippen molar-refractivity contribution in [1.82, 2.24) is 19.2 Å². The summed E-state index contributed by atoms with van der Waals surface area (Å²) < 4.78 is 25.5. The van der Waals surface area contributed by atoms with Gasteiger partial charge in [-0.3, -0.25) is 4.98 Å². The van der Waals surface area contributed by atoms with Crippen LogP contribution in [-0.2, 0) is 10.0 Å². The van der Waals surface area contributed by atoms with Crippen LogP contribution in [-0.4, -0.2) is 27.6 Å². The third-order valence-corrected chi connectivity index (χ3v) is 4.16. The molecule has 0 saturated carbocycles. The van der Waals surface area contributed by atoms with E-state index in [1.807, 2.05) is 6.07 Å². The first-order chi connectivity index (χ1) is 8.69.